The Balaban J connectivity index is 0.000000173. The Morgan fingerprint density at radius 1 is 0.536 bits per heavy atom. The van der Waals surface area contributed by atoms with Crippen LogP contribution < -0.4 is 0 Å². The zero-order chi connectivity index (χ0) is 40.6. The number of hydrogen-bond donors (Lipinski definition) is 0. The molecule has 284 valence electrons. The minimum atomic E-state index is 0.0968. The molecule has 0 bridgehead atoms. The minimum absolute atomic E-state index is 0.0968. The summed E-state index contributed by atoms with van der Waals surface area (Å²) in [6.45, 7) is 28.0. The normalized spacial score (nSPS) is 13.5. The van der Waals surface area contributed by atoms with Crippen LogP contribution in [-0.2, 0) is 52.3 Å². The molecule has 0 spiro atoms. The summed E-state index contributed by atoms with van der Waals surface area (Å²) in [6.07, 6.45) is 11.0. The van der Waals surface area contributed by atoms with Gasteiger partial charge in [-0.2, -0.15) is 23.8 Å². The summed E-state index contributed by atoms with van der Waals surface area (Å²) in [6, 6.07) is 41.8. The Hall–Kier alpha value is -3.93. The van der Waals surface area contributed by atoms with Crippen LogP contribution in [0.3, 0.4) is 0 Å². The molecular formula is C55H60Zr. The van der Waals surface area contributed by atoms with E-state index < -0.39 is 0 Å². The van der Waals surface area contributed by atoms with E-state index in [2.05, 4.69) is 204 Å². The molecule has 0 saturated carbocycles. The Labute approximate surface area is 353 Å². The molecule has 0 aliphatic heterocycles. The van der Waals surface area contributed by atoms with Gasteiger partial charge in [-0.05, 0) is 39.4 Å². The molecule has 0 atom stereocenters. The fraction of sp³-hybridized carbons (Fsp3) is 0.327. The molecule has 0 amide bonds. The van der Waals surface area contributed by atoms with Crippen LogP contribution >= 0.6 is 0 Å². The second kappa shape index (κ2) is 16.1. The number of allylic oxidation sites excluding steroid dienone is 4. The van der Waals surface area contributed by atoms with Gasteiger partial charge in [-0.1, -0.05) is 106 Å². The number of fused-ring (bicyclic) bond motifs is 5. The maximum absolute atomic E-state index is 3.90. The number of hydrogen-bond acceptors (Lipinski definition) is 0. The molecule has 6 aromatic carbocycles. The monoisotopic (exact) mass is 810 g/mol. The topological polar surface area (TPSA) is 0 Å². The van der Waals surface area contributed by atoms with Gasteiger partial charge >= 0.3 is 145 Å². The molecule has 0 heterocycles. The first-order valence-electron chi connectivity index (χ1n) is 20.3. The van der Waals surface area contributed by atoms with Gasteiger partial charge in [0.2, 0.25) is 0 Å². The van der Waals surface area contributed by atoms with Crippen molar-refractivity contribution in [3.05, 3.63) is 178 Å². The van der Waals surface area contributed by atoms with Crippen LogP contribution in [-0.4, -0.2) is 3.21 Å². The third-order valence-electron chi connectivity index (χ3n) is 10.9. The Bertz CT molecular complexity index is 2270. The van der Waals surface area contributed by atoms with Gasteiger partial charge < -0.3 is 0 Å². The first-order valence-corrected chi connectivity index (χ1v) is 21.5. The van der Waals surface area contributed by atoms with E-state index in [0.29, 0.717) is 0 Å². The zero-order valence-electron chi connectivity index (χ0n) is 36.0. The van der Waals surface area contributed by atoms with Crippen LogP contribution in [0.5, 0.6) is 0 Å². The van der Waals surface area contributed by atoms with Crippen molar-refractivity contribution in [3.63, 3.8) is 0 Å². The van der Waals surface area contributed by atoms with Gasteiger partial charge in [0.25, 0.3) is 0 Å². The predicted octanol–water partition coefficient (Wildman–Crippen LogP) is 14.7. The van der Waals surface area contributed by atoms with E-state index in [0.717, 1.165) is 12.8 Å². The van der Waals surface area contributed by atoms with Gasteiger partial charge in [0.15, 0.2) is 0 Å². The van der Waals surface area contributed by atoms with E-state index in [1.807, 2.05) is 12.2 Å². The standard InChI is InChI=1S/C29H41.C21H14.C5H5.Zr/c1-26(2,3)22-14-18-13-19-15-23(27(4,5)6)25(29(10,11)12)17-21(19)20(18)16-24(22)28(7,8)9;1-3-13-20-16(7-1)9-5-11-18(20)15-19-12-6-10-17-8-2-4-14-21(17)19;1-2-4-5-3-1;/h14,16-17H,13H2,1-12H3;1-14H;1-3H,4H2;/q-1;;-1;+2. The van der Waals surface area contributed by atoms with Crippen molar-refractivity contribution in [2.75, 3.05) is 0 Å². The van der Waals surface area contributed by atoms with Crippen molar-refractivity contribution in [2.45, 2.75) is 118 Å². The molecule has 6 aromatic rings. The summed E-state index contributed by atoms with van der Waals surface area (Å²) < 4.78 is 1.42. The predicted molar refractivity (Wildman–Crippen MR) is 241 cm³/mol. The van der Waals surface area contributed by atoms with Gasteiger partial charge in [-0.25, -0.2) is 12.2 Å². The van der Waals surface area contributed by atoms with Crippen LogP contribution in [0.15, 0.2) is 121 Å². The van der Waals surface area contributed by atoms with Crippen molar-refractivity contribution >= 4 is 24.8 Å². The molecule has 0 radical (unpaired) electrons. The quantitative estimate of drug-likeness (QED) is 0.153. The third kappa shape index (κ3) is 9.11. The fourth-order valence-corrected chi connectivity index (χ4v) is 9.07. The first kappa shape index (κ1) is 41.7. The van der Waals surface area contributed by atoms with E-state index >= 15 is 0 Å². The summed E-state index contributed by atoms with van der Waals surface area (Å²) >= 11 is 1.44. The summed E-state index contributed by atoms with van der Waals surface area (Å²) in [5.41, 5.74) is 14.7. The Morgan fingerprint density at radius 2 is 1.02 bits per heavy atom. The molecule has 56 heavy (non-hydrogen) atoms. The van der Waals surface area contributed by atoms with Crippen LogP contribution in [0.1, 0.15) is 134 Å². The second-order valence-electron chi connectivity index (χ2n) is 19.6. The van der Waals surface area contributed by atoms with E-state index in [9.17, 15) is 0 Å². The average Bonchev–Trinajstić information content (AvgIpc) is 3.84. The molecule has 2 aliphatic carbocycles. The molecular weight excluding hydrogens is 752 g/mol. The van der Waals surface area contributed by atoms with Gasteiger partial charge in [0.1, 0.15) is 0 Å². The third-order valence-corrected chi connectivity index (χ3v) is 12.3. The molecule has 0 N–H and O–H groups in total. The molecule has 0 aromatic heterocycles. The van der Waals surface area contributed by atoms with E-state index in [1.165, 1.54) is 105 Å². The SMILES string of the molecule is CC(C)(C)c1[c-]c2c(cc1C(C)(C)C)-c1cc(C(C)(C)C)c(C(C)(C)C)cc1C2.[C-]1=CC=CC1.[Zr+2]=[C](c1cccc2ccccc12)c1cccc2ccccc12. The second-order valence-corrected chi connectivity index (χ2v) is 20.8. The van der Waals surface area contributed by atoms with Gasteiger partial charge in [-0.15, -0.1) is 23.1 Å². The van der Waals surface area contributed by atoms with E-state index in [1.54, 1.807) is 0 Å². The van der Waals surface area contributed by atoms with Crippen molar-refractivity contribution in [2.24, 2.45) is 0 Å². The van der Waals surface area contributed by atoms with Crippen molar-refractivity contribution < 1.29 is 24.2 Å². The molecule has 0 fully saturated rings. The number of benzene rings is 6. The summed E-state index contributed by atoms with van der Waals surface area (Å²) in [7, 11) is 0. The van der Waals surface area contributed by atoms with Crippen molar-refractivity contribution in [1.29, 1.82) is 0 Å². The molecule has 0 saturated heterocycles. The van der Waals surface area contributed by atoms with E-state index in [4.69, 9.17) is 0 Å². The molecule has 8 rings (SSSR count). The molecule has 2 aliphatic rings. The Morgan fingerprint density at radius 3 is 1.46 bits per heavy atom. The zero-order valence-corrected chi connectivity index (χ0v) is 38.4. The van der Waals surface area contributed by atoms with Crippen molar-refractivity contribution in [1.82, 2.24) is 0 Å². The first-order chi connectivity index (χ1) is 26.2. The van der Waals surface area contributed by atoms with Crippen LogP contribution in [0.4, 0.5) is 0 Å². The van der Waals surface area contributed by atoms with Gasteiger partial charge in [-0.3, -0.25) is 6.08 Å². The summed E-state index contributed by atoms with van der Waals surface area (Å²) in [5, 5.41) is 5.29. The summed E-state index contributed by atoms with van der Waals surface area (Å²) in [4.78, 5) is 0. The van der Waals surface area contributed by atoms with Crippen LogP contribution in [0, 0.1) is 12.1 Å². The number of rotatable bonds is 2. The van der Waals surface area contributed by atoms with Crippen LogP contribution in [0.2, 0.25) is 0 Å². The van der Waals surface area contributed by atoms with Gasteiger partial charge in [0.05, 0.1) is 0 Å². The Kier molecular flexibility index (Phi) is 12.0. The molecule has 0 unspecified atom stereocenters. The van der Waals surface area contributed by atoms with E-state index in [-0.39, 0.29) is 21.7 Å². The summed E-state index contributed by atoms with van der Waals surface area (Å²) in [5.74, 6) is 0. The van der Waals surface area contributed by atoms with Crippen molar-refractivity contribution in [3.8, 4) is 11.1 Å². The molecule has 0 nitrogen and oxygen atoms in total. The van der Waals surface area contributed by atoms with Crippen LogP contribution in [0.25, 0.3) is 32.7 Å². The average molecular weight is 812 g/mol. The fourth-order valence-electron chi connectivity index (χ4n) is 8.00. The van der Waals surface area contributed by atoms with Gasteiger partial charge in [0, 0.05) is 0 Å². The molecule has 1 heteroatoms. The maximum atomic E-state index is 3.90.